The van der Waals surface area contributed by atoms with E-state index in [0.717, 1.165) is 25.7 Å². The van der Waals surface area contributed by atoms with Crippen molar-refractivity contribution in [2.24, 2.45) is 11.3 Å². The van der Waals surface area contributed by atoms with Crippen molar-refractivity contribution < 1.29 is 9.90 Å². The van der Waals surface area contributed by atoms with E-state index in [-0.39, 0.29) is 12.0 Å². The Hall–Kier alpha value is -0.370. The summed E-state index contributed by atoms with van der Waals surface area (Å²) in [6.45, 7) is 2.25. The molecule has 3 atom stereocenters. The number of ketones is 1. The van der Waals surface area contributed by atoms with Gasteiger partial charge in [0.25, 0.3) is 0 Å². The molecule has 2 fully saturated rings. The number of fused-ring (bicyclic) bond motifs is 2. The zero-order valence-corrected chi connectivity index (χ0v) is 7.55. The highest BCUT2D eigenvalue weighted by Crippen LogP contribution is 2.46. The van der Waals surface area contributed by atoms with Crippen LogP contribution in [0, 0.1) is 11.3 Å². The molecule has 2 saturated carbocycles. The van der Waals surface area contributed by atoms with Gasteiger partial charge in [0.1, 0.15) is 5.78 Å². The number of carbonyl (C=O) groups excluding carboxylic acids is 1. The third-order valence-corrected chi connectivity index (χ3v) is 3.61. The van der Waals surface area contributed by atoms with Crippen LogP contribution in [-0.4, -0.2) is 17.0 Å². The number of carbonyl (C=O) groups is 1. The van der Waals surface area contributed by atoms with Gasteiger partial charge in [-0.25, -0.2) is 0 Å². The van der Waals surface area contributed by atoms with Gasteiger partial charge in [0, 0.05) is 12.3 Å². The maximum atomic E-state index is 11.4. The van der Waals surface area contributed by atoms with Gasteiger partial charge in [-0.3, -0.25) is 4.79 Å². The molecule has 2 aliphatic carbocycles. The summed E-state index contributed by atoms with van der Waals surface area (Å²) in [5, 5.41) is 9.58. The van der Waals surface area contributed by atoms with Crippen molar-refractivity contribution in [2.45, 2.75) is 45.1 Å². The van der Waals surface area contributed by atoms with Crippen LogP contribution in [0.5, 0.6) is 0 Å². The summed E-state index contributed by atoms with van der Waals surface area (Å²) in [5.74, 6) is 0.261. The summed E-state index contributed by atoms with van der Waals surface area (Å²) >= 11 is 0. The van der Waals surface area contributed by atoms with Gasteiger partial charge >= 0.3 is 0 Å². The largest absolute Gasteiger partial charge is 0.392 e. The van der Waals surface area contributed by atoms with Gasteiger partial charge < -0.3 is 5.11 Å². The average molecular weight is 168 g/mol. The van der Waals surface area contributed by atoms with Crippen LogP contribution < -0.4 is 0 Å². The zero-order chi connectivity index (χ0) is 8.77. The predicted molar refractivity (Wildman–Crippen MR) is 45.7 cm³/mol. The molecule has 0 radical (unpaired) electrons. The molecule has 0 saturated heterocycles. The molecule has 12 heavy (non-hydrogen) atoms. The quantitative estimate of drug-likeness (QED) is 0.595. The first-order valence-electron chi connectivity index (χ1n) is 4.82. The number of hydrogen-bond donors (Lipinski definition) is 1. The Morgan fingerprint density at radius 1 is 1.50 bits per heavy atom. The lowest BCUT2D eigenvalue weighted by molar-refractivity contribution is -0.136. The standard InChI is InChI=1S/C10H16O2/c1-10-4-2-8(11)7(6-10)9(12)3-5-10/h7-8,11H,2-6H2,1H3/t7-,8+,10-/m0/s1. The second-order valence-corrected chi connectivity index (χ2v) is 4.69. The van der Waals surface area contributed by atoms with Crippen molar-refractivity contribution in [1.82, 2.24) is 0 Å². The van der Waals surface area contributed by atoms with E-state index in [2.05, 4.69) is 6.92 Å². The molecule has 2 nitrogen and oxygen atoms in total. The van der Waals surface area contributed by atoms with Gasteiger partial charge in [-0.15, -0.1) is 0 Å². The minimum Gasteiger partial charge on any atom is -0.392 e. The highest BCUT2D eigenvalue weighted by molar-refractivity contribution is 5.82. The van der Waals surface area contributed by atoms with E-state index in [0.29, 0.717) is 17.6 Å². The van der Waals surface area contributed by atoms with Crippen molar-refractivity contribution in [1.29, 1.82) is 0 Å². The third-order valence-electron chi connectivity index (χ3n) is 3.61. The van der Waals surface area contributed by atoms with E-state index in [1.165, 1.54) is 0 Å². The average Bonchev–Trinajstić information content (AvgIpc) is 2.05. The summed E-state index contributed by atoms with van der Waals surface area (Å²) in [6.07, 6.45) is 4.23. The minimum atomic E-state index is -0.342. The van der Waals surface area contributed by atoms with Crippen LogP contribution in [0.4, 0.5) is 0 Å². The Balaban J connectivity index is 2.18. The molecule has 0 aromatic carbocycles. The lowest BCUT2D eigenvalue weighted by Crippen LogP contribution is -2.43. The molecule has 2 bridgehead atoms. The van der Waals surface area contributed by atoms with Crippen LogP contribution in [0.2, 0.25) is 0 Å². The predicted octanol–water partition coefficient (Wildman–Crippen LogP) is 1.52. The first-order chi connectivity index (χ1) is 5.61. The molecular formula is C10H16O2. The number of hydrogen-bond acceptors (Lipinski definition) is 2. The van der Waals surface area contributed by atoms with Gasteiger partial charge in [0.05, 0.1) is 6.10 Å². The molecule has 0 heterocycles. The van der Waals surface area contributed by atoms with E-state index in [1.54, 1.807) is 0 Å². The van der Waals surface area contributed by atoms with Crippen molar-refractivity contribution in [3.63, 3.8) is 0 Å². The molecule has 1 N–H and O–H groups in total. The molecule has 0 unspecified atom stereocenters. The van der Waals surface area contributed by atoms with Crippen LogP contribution >= 0.6 is 0 Å². The fourth-order valence-corrected chi connectivity index (χ4v) is 2.63. The molecule has 68 valence electrons. The maximum absolute atomic E-state index is 11.4. The Morgan fingerprint density at radius 3 is 2.92 bits per heavy atom. The lowest BCUT2D eigenvalue weighted by atomic mass is 9.62. The molecule has 0 amide bonds. The fraction of sp³-hybridized carbons (Fsp3) is 0.900. The summed E-state index contributed by atoms with van der Waals surface area (Å²) in [4.78, 5) is 11.4. The minimum absolute atomic E-state index is 0.0301. The van der Waals surface area contributed by atoms with E-state index in [1.807, 2.05) is 0 Å². The molecule has 0 spiro atoms. The van der Waals surface area contributed by atoms with E-state index in [9.17, 15) is 9.90 Å². The molecule has 2 rings (SSSR count). The van der Waals surface area contributed by atoms with E-state index >= 15 is 0 Å². The van der Waals surface area contributed by atoms with Gasteiger partial charge in [0.15, 0.2) is 0 Å². The van der Waals surface area contributed by atoms with Gasteiger partial charge in [-0.05, 0) is 31.1 Å². The van der Waals surface area contributed by atoms with Crippen LogP contribution in [0.1, 0.15) is 39.0 Å². The highest BCUT2D eigenvalue weighted by atomic mass is 16.3. The second kappa shape index (κ2) is 2.56. The van der Waals surface area contributed by atoms with Gasteiger partial charge in [-0.2, -0.15) is 0 Å². The molecular weight excluding hydrogens is 152 g/mol. The monoisotopic (exact) mass is 168 g/mol. The van der Waals surface area contributed by atoms with Crippen LogP contribution in [0.15, 0.2) is 0 Å². The number of aliphatic hydroxyl groups is 1. The maximum Gasteiger partial charge on any atom is 0.138 e. The van der Waals surface area contributed by atoms with Gasteiger partial charge in [-0.1, -0.05) is 6.92 Å². The first-order valence-corrected chi connectivity index (χ1v) is 4.82. The lowest BCUT2D eigenvalue weighted by Gasteiger charge is -2.44. The Labute approximate surface area is 73.0 Å². The third kappa shape index (κ3) is 1.18. The Morgan fingerprint density at radius 2 is 2.25 bits per heavy atom. The highest BCUT2D eigenvalue weighted by Gasteiger charge is 2.43. The van der Waals surface area contributed by atoms with Crippen LogP contribution in [0.3, 0.4) is 0 Å². The van der Waals surface area contributed by atoms with Gasteiger partial charge in [0.2, 0.25) is 0 Å². The Bertz CT molecular complexity index is 212. The van der Waals surface area contributed by atoms with E-state index in [4.69, 9.17) is 0 Å². The molecule has 0 aromatic rings. The summed E-state index contributed by atoms with van der Waals surface area (Å²) < 4.78 is 0. The first kappa shape index (κ1) is 8.24. The van der Waals surface area contributed by atoms with Crippen molar-refractivity contribution in [3.05, 3.63) is 0 Å². The molecule has 0 aliphatic heterocycles. The van der Waals surface area contributed by atoms with Crippen molar-refractivity contribution >= 4 is 5.78 Å². The topological polar surface area (TPSA) is 37.3 Å². The number of Topliss-reactive ketones (excluding diaryl/α,β-unsaturated/α-hetero) is 1. The summed E-state index contributed by atoms with van der Waals surface area (Å²) in [7, 11) is 0. The van der Waals surface area contributed by atoms with Crippen molar-refractivity contribution in [3.8, 4) is 0 Å². The van der Waals surface area contributed by atoms with Crippen LogP contribution in [0.25, 0.3) is 0 Å². The number of aliphatic hydroxyl groups excluding tert-OH is 1. The fourth-order valence-electron chi connectivity index (χ4n) is 2.63. The van der Waals surface area contributed by atoms with Crippen molar-refractivity contribution in [2.75, 3.05) is 0 Å². The van der Waals surface area contributed by atoms with E-state index < -0.39 is 0 Å². The number of rotatable bonds is 0. The Kier molecular flexibility index (Phi) is 1.76. The normalized spacial score (nSPS) is 47.7. The SMILES string of the molecule is C[C@]12CCC(=O)[C@@H](C1)[C@H](O)CC2. The summed E-state index contributed by atoms with van der Waals surface area (Å²) in [6, 6.07) is 0. The zero-order valence-electron chi connectivity index (χ0n) is 7.55. The molecule has 2 aliphatic rings. The second-order valence-electron chi connectivity index (χ2n) is 4.69. The smallest absolute Gasteiger partial charge is 0.138 e. The molecule has 0 aromatic heterocycles. The van der Waals surface area contributed by atoms with Crippen LogP contribution in [-0.2, 0) is 4.79 Å². The molecule has 2 heteroatoms. The summed E-state index contributed by atoms with van der Waals surface area (Å²) in [5.41, 5.74) is 0.359.